The van der Waals surface area contributed by atoms with Gasteiger partial charge in [-0.2, -0.15) is 0 Å². The lowest BCUT2D eigenvalue weighted by atomic mass is 10.3. The van der Waals surface area contributed by atoms with Crippen molar-refractivity contribution in [2.45, 2.75) is 0 Å². The van der Waals surface area contributed by atoms with Crippen LogP contribution >= 0.6 is 92.0 Å². The summed E-state index contributed by atoms with van der Waals surface area (Å²) in [5.41, 5.74) is 12.5. The first-order valence-electron chi connectivity index (χ1n) is 5.37. The maximum Gasteiger partial charge on any atom is 0.149 e. The van der Waals surface area contributed by atoms with Crippen LogP contribution in [0.25, 0.3) is 0 Å². The van der Waals surface area contributed by atoms with E-state index in [2.05, 4.69) is 10.6 Å². The third-order valence-corrected chi connectivity index (χ3v) is 7.83. The van der Waals surface area contributed by atoms with Crippen molar-refractivity contribution in [1.29, 1.82) is 0 Å². The molecule has 6 N–H and O–H groups in total. The lowest BCUT2D eigenvalue weighted by molar-refractivity contribution is 1.63. The van der Waals surface area contributed by atoms with E-state index < -0.39 is 0 Å². The second-order valence-electron chi connectivity index (χ2n) is 3.37. The summed E-state index contributed by atoms with van der Waals surface area (Å²) in [6.07, 6.45) is 0. The SMILES string of the molecule is NC(=S)SSC(=S)Nc1ccc(NC(=S)SSC(N)=S)cc1. The summed E-state index contributed by atoms with van der Waals surface area (Å²) in [5.74, 6) is 0. The predicted molar refractivity (Wildman–Crippen MR) is 123 cm³/mol. The van der Waals surface area contributed by atoms with E-state index in [0.29, 0.717) is 17.3 Å². The standard InChI is InChI=1S/C10H10N4S8/c11-7(15)19-21-9(17)13-5-1-2-6(4-3-5)14-10(18)22-20-8(12)16/h1-4H,(H2,11,15)(H2,12,16)(H,13,17)(H,14,18). The maximum absolute atomic E-state index is 5.39. The van der Waals surface area contributed by atoms with Crippen LogP contribution in [0.3, 0.4) is 0 Å². The van der Waals surface area contributed by atoms with E-state index in [9.17, 15) is 0 Å². The van der Waals surface area contributed by atoms with Crippen LogP contribution in [0, 0.1) is 0 Å². The van der Waals surface area contributed by atoms with Gasteiger partial charge in [-0.25, -0.2) is 0 Å². The van der Waals surface area contributed by atoms with Crippen LogP contribution in [-0.4, -0.2) is 17.3 Å². The Kier molecular flexibility index (Phi) is 9.99. The van der Waals surface area contributed by atoms with E-state index in [1.807, 2.05) is 24.3 Å². The molecule has 0 spiro atoms. The third kappa shape index (κ3) is 9.35. The smallest absolute Gasteiger partial charge is 0.149 e. The molecule has 0 atom stereocenters. The molecule has 0 fully saturated rings. The topological polar surface area (TPSA) is 76.1 Å². The zero-order valence-corrected chi connectivity index (χ0v) is 17.3. The van der Waals surface area contributed by atoms with Crippen molar-refractivity contribution < 1.29 is 0 Å². The van der Waals surface area contributed by atoms with Crippen LogP contribution in [0.5, 0.6) is 0 Å². The minimum Gasteiger partial charge on any atom is -0.384 e. The van der Waals surface area contributed by atoms with Crippen LogP contribution in [0.4, 0.5) is 11.4 Å². The van der Waals surface area contributed by atoms with Gasteiger partial charge in [-0.1, -0.05) is 48.9 Å². The van der Waals surface area contributed by atoms with Crippen LogP contribution in [-0.2, 0) is 0 Å². The van der Waals surface area contributed by atoms with E-state index in [1.165, 1.54) is 43.2 Å². The quantitative estimate of drug-likeness (QED) is 0.389. The van der Waals surface area contributed by atoms with Crippen LogP contribution in [0.2, 0.25) is 0 Å². The van der Waals surface area contributed by atoms with Gasteiger partial charge in [-0.05, 0) is 67.4 Å². The number of rotatable bonds is 2. The Morgan fingerprint density at radius 3 is 1.27 bits per heavy atom. The molecule has 0 aliphatic carbocycles. The highest BCUT2D eigenvalue weighted by Crippen LogP contribution is 2.26. The largest absolute Gasteiger partial charge is 0.384 e. The lowest BCUT2D eigenvalue weighted by Gasteiger charge is -2.09. The molecule has 4 nitrogen and oxygen atoms in total. The zero-order chi connectivity index (χ0) is 16.5. The first-order chi connectivity index (χ1) is 10.4. The van der Waals surface area contributed by atoms with Gasteiger partial charge < -0.3 is 22.1 Å². The molecular weight excluding hydrogens is 433 g/mol. The van der Waals surface area contributed by atoms with Crippen LogP contribution in [0.1, 0.15) is 0 Å². The molecule has 0 aliphatic heterocycles. The highest BCUT2D eigenvalue weighted by atomic mass is 33.1. The van der Waals surface area contributed by atoms with Crippen molar-refractivity contribution in [2.75, 3.05) is 10.6 Å². The predicted octanol–water partition coefficient (Wildman–Crippen LogP) is 4.33. The first-order valence-corrected chi connectivity index (χ1v) is 11.3. The minimum atomic E-state index is 0.342. The van der Waals surface area contributed by atoms with Crippen molar-refractivity contribution in [3.05, 3.63) is 24.3 Å². The molecular formula is C10H10N4S8. The summed E-state index contributed by atoms with van der Waals surface area (Å²) in [6.45, 7) is 0. The number of thiocarbonyl (C=S) groups is 4. The number of anilines is 2. The van der Waals surface area contributed by atoms with Gasteiger partial charge in [0.2, 0.25) is 0 Å². The van der Waals surface area contributed by atoms with Crippen molar-refractivity contribution >= 4 is 121 Å². The van der Waals surface area contributed by atoms with Crippen molar-refractivity contribution in [3.63, 3.8) is 0 Å². The Morgan fingerprint density at radius 2 is 1.00 bits per heavy atom. The summed E-state index contributed by atoms with van der Waals surface area (Å²) < 4.78 is 1.85. The summed E-state index contributed by atoms with van der Waals surface area (Å²) in [5, 5.41) is 6.15. The second-order valence-corrected chi connectivity index (χ2v) is 10.5. The van der Waals surface area contributed by atoms with E-state index in [0.717, 1.165) is 11.4 Å². The normalized spacial score (nSPS) is 9.82. The van der Waals surface area contributed by atoms with Crippen molar-refractivity contribution in [1.82, 2.24) is 0 Å². The fourth-order valence-electron chi connectivity index (χ4n) is 1.07. The molecule has 0 unspecified atom stereocenters. The number of nitrogens with one attached hydrogen (secondary N) is 2. The van der Waals surface area contributed by atoms with Crippen LogP contribution < -0.4 is 22.1 Å². The minimum absolute atomic E-state index is 0.342. The van der Waals surface area contributed by atoms with Gasteiger partial charge in [-0.15, -0.1) is 0 Å². The summed E-state index contributed by atoms with van der Waals surface area (Å²) in [4.78, 5) is 0. The van der Waals surface area contributed by atoms with Crippen molar-refractivity contribution in [2.24, 2.45) is 11.5 Å². The molecule has 1 aromatic carbocycles. The molecule has 0 aliphatic rings. The number of hydrogen-bond donors (Lipinski definition) is 4. The van der Waals surface area contributed by atoms with E-state index in [1.54, 1.807) is 0 Å². The third-order valence-electron chi connectivity index (χ3n) is 1.78. The van der Waals surface area contributed by atoms with E-state index in [-0.39, 0.29) is 0 Å². The van der Waals surface area contributed by atoms with Gasteiger partial charge in [0.15, 0.2) is 0 Å². The van der Waals surface area contributed by atoms with E-state index in [4.69, 9.17) is 60.3 Å². The molecule has 0 bridgehead atoms. The number of nitrogens with two attached hydrogens (primary N) is 2. The number of benzene rings is 1. The average Bonchev–Trinajstić information content (AvgIpc) is 2.45. The van der Waals surface area contributed by atoms with Crippen LogP contribution in [0.15, 0.2) is 24.3 Å². The molecule has 118 valence electrons. The highest BCUT2D eigenvalue weighted by Gasteiger charge is 2.03. The molecule has 22 heavy (non-hydrogen) atoms. The Balaban J connectivity index is 2.45. The van der Waals surface area contributed by atoms with Gasteiger partial charge in [0.25, 0.3) is 0 Å². The molecule has 0 heterocycles. The molecule has 1 aromatic rings. The molecule has 0 aromatic heterocycles. The molecule has 0 saturated heterocycles. The Bertz CT molecular complexity index is 522. The molecule has 0 saturated carbocycles. The first kappa shape index (κ1) is 20.2. The maximum atomic E-state index is 5.39. The number of hydrogen-bond acceptors (Lipinski definition) is 8. The average molecular weight is 443 g/mol. The fraction of sp³-hybridized carbons (Fsp3) is 0. The zero-order valence-electron chi connectivity index (χ0n) is 10.7. The Labute approximate surface area is 165 Å². The molecule has 0 radical (unpaired) electrons. The Hall–Kier alpha value is 0.180. The van der Waals surface area contributed by atoms with Gasteiger partial charge in [-0.3, -0.25) is 0 Å². The monoisotopic (exact) mass is 442 g/mol. The molecule has 12 heteroatoms. The summed E-state index contributed by atoms with van der Waals surface area (Å²) >= 11 is 19.9. The van der Waals surface area contributed by atoms with Gasteiger partial charge in [0.1, 0.15) is 17.3 Å². The lowest BCUT2D eigenvalue weighted by Crippen LogP contribution is -2.07. The van der Waals surface area contributed by atoms with Crippen molar-refractivity contribution in [3.8, 4) is 0 Å². The molecule has 0 amide bonds. The fourth-order valence-corrected chi connectivity index (χ4v) is 4.36. The summed E-state index contributed by atoms with van der Waals surface area (Å²) in [6, 6.07) is 7.53. The van der Waals surface area contributed by atoms with Gasteiger partial charge in [0.05, 0.1) is 0 Å². The Morgan fingerprint density at radius 1 is 0.682 bits per heavy atom. The van der Waals surface area contributed by atoms with Gasteiger partial charge >= 0.3 is 0 Å². The molecule has 1 rings (SSSR count). The summed E-state index contributed by atoms with van der Waals surface area (Å²) in [7, 11) is 5.11. The van der Waals surface area contributed by atoms with Gasteiger partial charge in [0, 0.05) is 11.4 Å². The van der Waals surface area contributed by atoms with E-state index >= 15 is 0 Å². The second kappa shape index (κ2) is 10.9. The highest BCUT2D eigenvalue weighted by molar-refractivity contribution is 8.90.